The van der Waals surface area contributed by atoms with Crippen molar-refractivity contribution in [3.8, 4) is 11.5 Å². The molecular weight excluding hydrogens is 697 g/mol. The monoisotopic (exact) mass is 740 g/mol. The van der Waals surface area contributed by atoms with Crippen LogP contribution in [0.4, 0.5) is 4.79 Å². The summed E-state index contributed by atoms with van der Waals surface area (Å²) in [6.07, 6.45) is -1.38. The van der Waals surface area contributed by atoms with E-state index in [1.807, 2.05) is 103 Å². The molecule has 282 valence electrons. The molecule has 11 heteroatoms. The van der Waals surface area contributed by atoms with Gasteiger partial charge in [0.25, 0.3) is 5.91 Å². The number of nitrogens with zero attached hydrogens (tertiary/aromatic N) is 1. The van der Waals surface area contributed by atoms with Gasteiger partial charge < -0.3 is 40.6 Å². The molecule has 0 saturated carbocycles. The third-order valence-corrected chi connectivity index (χ3v) is 9.49. The van der Waals surface area contributed by atoms with E-state index in [1.54, 1.807) is 24.3 Å². The van der Waals surface area contributed by atoms with Gasteiger partial charge in [-0.2, -0.15) is 0 Å². The van der Waals surface area contributed by atoms with Crippen LogP contribution in [0.3, 0.4) is 0 Å². The Morgan fingerprint density at radius 2 is 1.60 bits per heavy atom. The van der Waals surface area contributed by atoms with E-state index in [0.717, 1.165) is 27.8 Å². The molecule has 0 radical (unpaired) electrons. The third-order valence-electron chi connectivity index (χ3n) is 9.49. The molecule has 0 saturated heterocycles. The second-order valence-corrected chi connectivity index (χ2v) is 13.4. The number of hydrogen-bond donors (Lipinski definition) is 6. The molecule has 0 aliphatic heterocycles. The van der Waals surface area contributed by atoms with E-state index in [4.69, 9.17) is 4.74 Å². The van der Waals surface area contributed by atoms with Crippen LogP contribution < -0.4 is 20.9 Å². The molecule has 0 bridgehead atoms. The lowest BCUT2D eigenvalue weighted by molar-refractivity contribution is 0.0740. The summed E-state index contributed by atoms with van der Waals surface area (Å²) in [4.78, 5) is 41.7. The Hall–Kier alpha value is -6.43. The molecule has 11 nitrogen and oxygen atoms in total. The lowest BCUT2D eigenvalue weighted by Gasteiger charge is -2.24. The summed E-state index contributed by atoms with van der Waals surface area (Å²) >= 11 is 0. The smallest absolute Gasteiger partial charge is 0.405 e. The van der Waals surface area contributed by atoms with Crippen molar-refractivity contribution in [1.29, 1.82) is 0 Å². The van der Waals surface area contributed by atoms with E-state index in [1.165, 1.54) is 12.1 Å². The van der Waals surface area contributed by atoms with Crippen LogP contribution in [0.25, 0.3) is 10.9 Å². The molecule has 6 N–H and O–H groups in total. The van der Waals surface area contributed by atoms with Crippen LogP contribution in [0.5, 0.6) is 11.5 Å². The average molecular weight is 741 g/mol. The van der Waals surface area contributed by atoms with Gasteiger partial charge in [0.1, 0.15) is 18.1 Å². The number of amides is 2. The first-order valence-electron chi connectivity index (χ1n) is 18.1. The highest BCUT2D eigenvalue weighted by molar-refractivity contribution is 5.94. The predicted octanol–water partition coefficient (Wildman–Crippen LogP) is 6.83. The molecule has 0 fully saturated rings. The van der Waals surface area contributed by atoms with Gasteiger partial charge in [0, 0.05) is 36.7 Å². The minimum absolute atomic E-state index is 0.0644. The number of H-pyrrole nitrogens is 1. The number of aromatic amines is 1. The largest absolute Gasteiger partial charge is 0.506 e. The van der Waals surface area contributed by atoms with E-state index in [9.17, 15) is 29.7 Å². The second kappa shape index (κ2) is 18.1. The van der Waals surface area contributed by atoms with Gasteiger partial charge in [-0.05, 0) is 89.7 Å². The number of rotatable bonds is 16. The molecule has 0 aliphatic carbocycles. The first-order valence-corrected chi connectivity index (χ1v) is 18.1. The number of phenols is 1. The Labute approximate surface area is 318 Å². The molecular formula is C44H44N4O7. The molecule has 5 aromatic carbocycles. The number of nitrogens with one attached hydrogen (secondary N) is 3. The summed E-state index contributed by atoms with van der Waals surface area (Å²) in [5.74, 6) is 0.417. The summed E-state index contributed by atoms with van der Waals surface area (Å²) in [7, 11) is 0. The summed E-state index contributed by atoms with van der Waals surface area (Å²) < 4.78 is 6.10. The number of carboxylic acid groups (broad SMARTS) is 1. The van der Waals surface area contributed by atoms with Crippen molar-refractivity contribution in [1.82, 2.24) is 20.5 Å². The Kier molecular flexibility index (Phi) is 12.6. The third kappa shape index (κ3) is 9.96. The summed E-state index contributed by atoms with van der Waals surface area (Å²) in [6, 6.07) is 37.5. The summed E-state index contributed by atoms with van der Waals surface area (Å²) in [6.45, 7) is 3.97. The number of aliphatic hydroxyl groups is 1. The number of carbonyl (C=O) groups is 2. The summed E-state index contributed by atoms with van der Waals surface area (Å²) in [5, 5.41) is 37.0. The number of aryl methyl sites for hydroxylation is 1. The minimum atomic E-state index is -1.12. The maximum absolute atomic E-state index is 13.9. The highest BCUT2D eigenvalue weighted by Crippen LogP contribution is 2.29. The quantitative estimate of drug-likeness (QED) is 0.0588. The van der Waals surface area contributed by atoms with Crippen molar-refractivity contribution < 1.29 is 29.6 Å². The number of hydrogen-bond acceptors (Lipinski definition) is 7. The molecule has 1 aromatic heterocycles. The first-order chi connectivity index (χ1) is 26.7. The van der Waals surface area contributed by atoms with Crippen LogP contribution in [-0.2, 0) is 13.2 Å². The van der Waals surface area contributed by atoms with Gasteiger partial charge in [0.15, 0.2) is 0 Å². The standard InChI is InChI=1S/C44H44N4O7/c1-29-9-5-6-12-34(29)27-48(24-8-23-45-26-39(50)36-19-21-38(49)42-37(36)20-22-40(51)46-42)43(52)32-17-15-30(16-18-32)28-55-35-14-7-13-33(25-35)41(47-44(53)54)31-10-3-2-4-11-31/h2-7,9-22,25,39,41,45,47,49-50H,8,23-24,26-28H2,1H3,(H,46,51)(H,53,54)/t39-,41-/m0/s1. The van der Waals surface area contributed by atoms with Crippen molar-refractivity contribution in [3.63, 3.8) is 0 Å². The van der Waals surface area contributed by atoms with Crippen LogP contribution in [0.1, 0.15) is 62.3 Å². The van der Waals surface area contributed by atoms with Crippen molar-refractivity contribution in [2.24, 2.45) is 0 Å². The lowest BCUT2D eigenvalue weighted by Crippen LogP contribution is -2.34. The van der Waals surface area contributed by atoms with Gasteiger partial charge in [-0.3, -0.25) is 9.59 Å². The average Bonchev–Trinajstić information content (AvgIpc) is 3.20. The number of aromatic nitrogens is 1. The van der Waals surface area contributed by atoms with E-state index in [-0.39, 0.29) is 35.9 Å². The van der Waals surface area contributed by atoms with Crippen LogP contribution in [0.2, 0.25) is 0 Å². The first kappa shape index (κ1) is 38.3. The van der Waals surface area contributed by atoms with Gasteiger partial charge in [-0.1, -0.05) is 84.9 Å². The molecule has 55 heavy (non-hydrogen) atoms. The number of fused-ring (bicyclic) bond motifs is 1. The fraction of sp³-hybridized carbons (Fsp3) is 0.205. The zero-order chi connectivity index (χ0) is 38.7. The normalized spacial score (nSPS) is 12.2. The van der Waals surface area contributed by atoms with E-state index >= 15 is 0 Å². The number of aliphatic hydroxyl groups excluding tert-OH is 1. The second-order valence-electron chi connectivity index (χ2n) is 13.4. The topological polar surface area (TPSA) is 164 Å². The van der Waals surface area contributed by atoms with E-state index < -0.39 is 18.2 Å². The zero-order valence-electron chi connectivity index (χ0n) is 30.4. The van der Waals surface area contributed by atoms with Gasteiger partial charge in [-0.15, -0.1) is 0 Å². The molecule has 1 heterocycles. The fourth-order valence-electron chi connectivity index (χ4n) is 6.54. The van der Waals surface area contributed by atoms with Gasteiger partial charge in [0.2, 0.25) is 5.56 Å². The molecule has 6 rings (SSSR count). The number of pyridine rings is 1. The van der Waals surface area contributed by atoms with Crippen molar-refractivity contribution in [2.45, 2.75) is 38.6 Å². The lowest BCUT2D eigenvalue weighted by atomic mass is 9.98. The molecule has 0 unspecified atom stereocenters. The number of ether oxygens (including phenoxy) is 1. The van der Waals surface area contributed by atoms with E-state index in [0.29, 0.717) is 48.3 Å². The molecule has 0 spiro atoms. The van der Waals surface area contributed by atoms with Gasteiger partial charge in [-0.25, -0.2) is 4.79 Å². The number of carbonyl (C=O) groups excluding carboxylic acids is 1. The molecule has 0 aliphatic rings. The maximum atomic E-state index is 13.9. The van der Waals surface area contributed by atoms with E-state index in [2.05, 4.69) is 15.6 Å². The minimum Gasteiger partial charge on any atom is -0.506 e. The van der Waals surface area contributed by atoms with Crippen LogP contribution in [0, 0.1) is 6.92 Å². The molecule has 2 atom stereocenters. The highest BCUT2D eigenvalue weighted by atomic mass is 16.5. The Morgan fingerprint density at radius 1 is 0.855 bits per heavy atom. The number of aromatic hydroxyl groups is 1. The molecule has 6 aromatic rings. The number of benzene rings is 5. The highest BCUT2D eigenvalue weighted by Gasteiger charge is 2.19. The maximum Gasteiger partial charge on any atom is 0.405 e. The summed E-state index contributed by atoms with van der Waals surface area (Å²) in [5.41, 5.74) is 5.64. The SMILES string of the molecule is Cc1ccccc1CN(CCCNC[C@H](O)c1ccc(O)c2[nH]c(=O)ccc12)C(=O)c1ccc(COc2cccc([C@@H](NC(=O)O)c3ccccc3)c2)cc1. The fourth-order valence-corrected chi connectivity index (χ4v) is 6.54. The zero-order valence-corrected chi connectivity index (χ0v) is 30.4. The molecule has 2 amide bonds. The van der Waals surface area contributed by atoms with Crippen molar-refractivity contribution in [2.75, 3.05) is 19.6 Å². The number of phenolic OH excluding ortho intramolecular Hbond substituents is 1. The Morgan fingerprint density at radius 3 is 2.36 bits per heavy atom. The van der Waals surface area contributed by atoms with Crippen LogP contribution >= 0.6 is 0 Å². The Balaban J connectivity index is 1.07. The van der Waals surface area contributed by atoms with Crippen molar-refractivity contribution in [3.05, 3.63) is 177 Å². The van der Waals surface area contributed by atoms with Crippen molar-refractivity contribution >= 4 is 22.9 Å². The van der Waals surface area contributed by atoms with Gasteiger partial charge in [0.05, 0.1) is 17.7 Å². The van der Waals surface area contributed by atoms with Crippen LogP contribution in [-0.4, -0.2) is 56.8 Å². The predicted molar refractivity (Wildman–Crippen MR) is 211 cm³/mol. The Bertz CT molecular complexity index is 2290. The van der Waals surface area contributed by atoms with Crippen LogP contribution in [0.15, 0.2) is 132 Å². The van der Waals surface area contributed by atoms with Gasteiger partial charge >= 0.3 is 6.09 Å².